The Hall–Kier alpha value is -0.0800. The van der Waals surface area contributed by atoms with Crippen LogP contribution in [0.15, 0.2) is 0 Å². The summed E-state index contributed by atoms with van der Waals surface area (Å²) < 4.78 is 0. The van der Waals surface area contributed by atoms with E-state index in [0.29, 0.717) is 11.8 Å². The molecule has 2 nitrogen and oxygen atoms in total. The van der Waals surface area contributed by atoms with Crippen LogP contribution in [0.2, 0.25) is 0 Å². The van der Waals surface area contributed by atoms with E-state index in [1.54, 1.807) is 0 Å². The maximum Gasteiger partial charge on any atom is 0.0101 e. The van der Waals surface area contributed by atoms with Gasteiger partial charge in [0.25, 0.3) is 0 Å². The average molecular weight is 250 g/mol. The molecule has 0 radical (unpaired) electrons. The molecule has 0 amide bonds. The lowest BCUT2D eigenvalue weighted by Gasteiger charge is -2.33. The molecule has 3 fully saturated rings. The molecule has 0 heterocycles. The largest absolute Gasteiger partial charge is 0.330 e. The molecule has 0 aromatic heterocycles. The molecule has 104 valence electrons. The molecule has 2 bridgehead atoms. The van der Waals surface area contributed by atoms with Crippen LogP contribution in [0.4, 0.5) is 0 Å². The molecule has 0 aliphatic heterocycles. The van der Waals surface area contributed by atoms with Gasteiger partial charge in [-0.05, 0) is 74.3 Å². The molecule has 3 saturated carbocycles. The highest BCUT2D eigenvalue weighted by atomic mass is 15.0. The normalized spacial score (nSPS) is 43.7. The van der Waals surface area contributed by atoms with Gasteiger partial charge in [0.15, 0.2) is 0 Å². The van der Waals surface area contributed by atoms with E-state index in [4.69, 9.17) is 5.73 Å². The Morgan fingerprint density at radius 3 is 2.61 bits per heavy atom. The Kier molecular flexibility index (Phi) is 3.68. The Balaban J connectivity index is 1.53. The number of fused-ring (bicyclic) bond motifs is 5. The molecule has 3 N–H and O–H groups in total. The quantitative estimate of drug-likeness (QED) is 0.787. The maximum atomic E-state index is 5.88. The van der Waals surface area contributed by atoms with Crippen LogP contribution in [-0.2, 0) is 0 Å². The number of hydrogen-bond acceptors (Lipinski definition) is 2. The fraction of sp³-hybridized carbons (Fsp3) is 1.00. The van der Waals surface area contributed by atoms with Crippen LogP contribution < -0.4 is 11.1 Å². The lowest BCUT2D eigenvalue weighted by Crippen LogP contribution is -2.43. The summed E-state index contributed by atoms with van der Waals surface area (Å²) in [6.07, 6.45) is 7.56. The Morgan fingerprint density at radius 2 is 1.89 bits per heavy atom. The van der Waals surface area contributed by atoms with Crippen LogP contribution in [0.5, 0.6) is 0 Å². The molecular weight excluding hydrogens is 220 g/mol. The second kappa shape index (κ2) is 5.13. The van der Waals surface area contributed by atoms with Gasteiger partial charge in [-0.1, -0.05) is 20.3 Å². The molecule has 3 aliphatic rings. The van der Waals surface area contributed by atoms with Crippen LogP contribution >= 0.6 is 0 Å². The molecule has 0 aromatic rings. The average Bonchev–Trinajstić information content (AvgIpc) is 3.01. The Labute approximate surface area is 112 Å². The first-order chi connectivity index (χ1) is 8.70. The van der Waals surface area contributed by atoms with Crippen molar-refractivity contribution in [2.75, 3.05) is 13.1 Å². The summed E-state index contributed by atoms with van der Waals surface area (Å²) >= 11 is 0. The van der Waals surface area contributed by atoms with Crippen molar-refractivity contribution >= 4 is 0 Å². The highest BCUT2D eigenvalue weighted by Gasteiger charge is 2.53. The number of rotatable bonds is 5. The van der Waals surface area contributed by atoms with Crippen LogP contribution in [0.25, 0.3) is 0 Å². The van der Waals surface area contributed by atoms with E-state index in [1.807, 2.05) is 0 Å². The van der Waals surface area contributed by atoms with E-state index in [1.165, 1.54) is 32.1 Å². The zero-order valence-electron chi connectivity index (χ0n) is 12.1. The van der Waals surface area contributed by atoms with Gasteiger partial charge >= 0.3 is 0 Å². The lowest BCUT2D eigenvalue weighted by atomic mass is 9.79. The summed E-state index contributed by atoms with van der Waals surface area (Å²) in [7, 11) is 0. The Morgan fingerprint density at radius 1 is 1.11 bits per heavy atom. The van der Waals surface area contributed by atoms with Gasteiger partial charge in [-0.25, -0.2) is 0 Å². The summed E-state index contributed by atoms with van der Waals surface area (Å²) in [5, 5.41) is 3.88. The molecule has 6 atom stereocenters. The third kappa shape index (κ3) is 2.12. The van der Waals surface area contributed by atoms with E-state index in [2.05, 4.69) is 19.2 Å². The van der Waals surface area contributed by atoms with Gasteiger partial charge in [0, 0.05) is 6.04 Å². The SMILES string of the molecule is CC(C)C(CN)CNC1CC2CC1C1CCCC21. The minimum Gasteiger partial charge on any atom is -0.330 e. The number of nitrogens with two attached hydrogens (primary N) is 1. The number of nitrogens with one attached hydrogen (secondary N) is 1. The van der Waals surface area contributed by atoms with E-state index < -0.39 is 0 Å². The third-order valence-electron chi connectivity index (χ3n) is 6.32. The second-order valence-electron chi connectivity index (χ2n) is 7.41. The van der Waals surface area contributed by atoms with Crippen molar-refractivity contribution in [1.29, 1.82) is 0 Å². The van der Waals surface area contributed by atoms with E-state index in [-0.39, 0.29) is 0 Å². The smallest absolute Gasteiger partial charge is 0.0101 e. The van der Waals surface area contributed by atoms with Gasteiger partial charge in [-0.15, -0.1) is 0 Å². The minimum atomic E-state index is 0.656. The zero-order chi connectivity index (χ0) is 12.7. The summed E-state index contributed by atoms with van der Waals surface area (Å²) in [5.74, 6) is 5.63. The molecule has 0 spiro atoms. The van der Waals surface area contributed by atoms with Gasteiger partial charge < -0.3 is 11.1 Å². The molecule has 6 unspecified atom stereocenters. The Bertz CT molecular complexity index is 289. The van der Waals surface area contributed by atoms with Gasteiger partial charge in [0.05, 0.1) is 0 Å². The first kappa shape index (κ1) is 12.9. The summed E-state index contributed by atoms with van der Waals surface area (Å²) in [5.41, 5.74) is 5.88. The summed E-state index contributed by atoms with van der Waals surface area (Å²) in [4.78, 5) is 0. The second-order valence-corrected chi connectivity index (χ2v) is 7.41. The molecule has 3 rings (SSSR count). The molecule has 18 heavy (non-hydrogen) atoms. The highest BCUT2D eigenvalue weighted by Crippen LogP contribution is 2.58. The topological polar surface area (TPSA) is 38.0 Å². The van der Waals surface area contributed by atoms with Crippen LogP contribution in [0, 0.1) is 35.5 Å². The van der Waals surface area contributed by atoms with Crippen molar-refractivity contribution < 1.29 is 0 Å². The number of hydrogen-bond donors (Lipinski definition) is 2. The standard InChI is InChI=1S/C16H30N2/c1-10(2)12(8-17)9-18-16-7-11-6-15(16)14-5-3-4-13(11)14/h10-16,18H,3-9,17H2,1-2H3. The van der Waals surface area contributed by atoms with Crippen molar-refractivity contribution in [1.82, 2.24) is 5.32 Å². The molecule has 3 aliphatic carbocycles. The van der Waals surface area contributed by atoms with Crippen LogP contribution in [-0.4, -0.2) is 19.1 Å². The predicted molar refractivity (Wildman–Crippen MR) is 76.2 cm³/mol. The van der Waals surface area contributed by atoms with Gasteiger partial charge in [-0.2, -0.15) is 0 Å². The fourth-order valence-corrected chi connectivity index (χ4v) is 5.20. The van der Waals surface area contributed by atoms with Crippen LogP contribution in [0.1, 0.15) is 46.0 Å². The van der Waals surface area contributed by atoms with Crippen molar-refractivity contribution in [2.24, 2.45) is 41.2 Å². The highest BCUT2D eigenvalue weighted by molar-refractivity contribution is 5.05. The van der Waals surface area contributed by atoms with Gasteiger partial charge in [-0.3, -0.25) is 0 Å². The molecule has 2 heteroatoms. The van der Waals surface area contributed by atoms with E-state index >= 15 is 0 Å². The first-order valence-electron chi connectivity index (χ1n) is 8.14. The predicted octanol–water partition coefficient (Wildman–Crippen LogP) is 2.63. The fourth-order valence-electron chi connectivity index (χ4n) is 5.20. The maximum absolute atomic E-state index is 5.88. The summed E-state index contributed by atoms with van der Waals surface area (Å²) in [6, 6.07) is 0.821. The van der Waals surface area contributed by atoms with Crippen molar-refractivity contribution in [3.8, 4) is 0 Å². The molecular formula is C16H30N2. The first-order valence-corrected chi connectivity index (χ1v) is 8.14. The summed E-state index contributed by atoms with van der Waals surface area (Å²) in [6.45, 7) is 6.57. The lowest BCUT2D eigenvalue weighted by molar-refractivity contribution is 0.199. The monoisotopic (exact) mass is 250 g/mol. The van der Waals surface area contributed by atoms with E-state index in [9.17, 15) is 0 Å². The van der Waals surface area contributed by atoms with E-state index in [0.717, 1.165) is 42.8 Å². The van der Waals surface area contributed by atoms with Crippen molar-refractivity contribution in [2.45, 2.75) is 52.0 Å². The molecule has 0 saturated heterocycles. The zero-order valence-corrected chi connectivity index (χ0v) is 12.1. The van der Waals surface area contributed by atoms with Gasteiger partial charge in [0.2, 0.25) is 0 Å². The molecule has 0 aromatic carbocycles. The third-order valence-corrected chi connectivity index (χ3v) is 6.32. The van der Waals surface area contributed by atoms with Crippen molar-refractivity contribution in [3.05, 3.63) is 0 Å². The van der Waals surface area contributed by atoms with Crippen molar-refractivity contribution in [3.63, 3.8) is 0 Å². The minimum absolute atomic E-state index is 0.656. The van der Waals surface area contributed by atoms with Crippen LogP contribution in [0.3, 0.4) is 0 Å². The van der Waals surface area contributed by atoms with Gasteiger partial charge in [0.1, 0.15) is 0 Å².